The van der Waals surface area contributed by atoms with Crippen LogP contribution in [-0.4, -0.2) is 36.8 Å². The molecule has 1 radical (unpaired) electrons. The van der Waals surface area contributed by atoms with E-state index in [0.29, 0.717) is 0 Å². The van der Waals surface area contributed by atoms with Gasteiger partial charge in [0.1, 0.15) is 32.9 Å². The Bertz CT molecular complexity index is 1210. The van der Waals surface area contributed by atoms with Crippen molar-refractivity contribution >= 4 is 43.1 Å². The van der Waals surface area contributed by atoms with E-state index in [2.05, 4.69) is 10.2 Å². The molecule has 0 aliphatic heterocycles. The van der Waals surface area contributed by atoms with Crippen LogP contribution in [0.15, 0.2) is 68.6 Å². The minimum atomic E-state index is -4.87. The van der Waals surface area contributed by atoms with Crippen LogP contribution in [0.2, 0.25) is 0 Å². The Kier molecular flexibility index (Phi) is 6.57. The second-order valence-corrected chi connectivity index (χ2v) is 8.48. The van der Waals surface area contributed by atoms with E-state index in [1.165, 1.54) is 36.4 Å². The Morgan fingerprint density at radius 3 is 2.03 bits per heavy atom. The molecule has 3 aromatic rings. The van der Waals surface area contributed by atoms with Crippen molar-refractivity contribution < 1.29 is 53.9 Å². The molecule has 0 spiro atoms. The molecular weight excluding hydrogens is 476 g/mol. The molecule has 0 saturated heterocycles. The predicted molar refractivity (Wildman–Crippen MR) is 101 cm³/mol. The fourth-order valence-electron chi connectivity index (χ4n) is 2.54. The Labute approximate surface area is 176 Å². The number of para-hydroxylation sites is 1. The largest absolute Gasteiger partial charge is 0.506 e. The summed E-state index contributed by atoms with van der Waals surface area (Å²) >= 11 is 0. The van der Waals surface area contributed by atoms with Crippen molar-refractivity contribution in [1.29, 1.82) is 0 Å². The van der Waals surface area contributed by atoms with Gasteiger partial charge in [0.05, 0.1) is 4.90 Å². The molecule has 0 fully saturated rings. The molecule has 13 heteroatoms. The average molecular weight is 490 g/mol. The molecule has 0 atom stereocenters. The number of azo groups is 1. The van der Waals surface area contributed by atoms with Crippen molar-refractivity contribution in [2.24, 2.45) is 10.2 Å². The van der Waals surface area contributed by atoms with E-state index < -0.39 is 42.2 Å². The summed E-state index contributed by atoms with van der Waals surface area (Å²) in [6.07, 6.45) is 0. The van der Waals surface area contributed by atoms with Crippen LogP contribution in [0.5, 0.6) is 11.5 Å². The molecule has 159 valence electrons. The fraction of sp³-hybridized carbons (Fsp3) is 0. The molecule has 10 nitrogen and oxygen atoms in total. The summed E-state index contributed by atoms with van der Waals surface area (Å²) in [6.45, 7) is 0. The average Bonchev–Trinajstić information content (AvgIpc) is 2.60. The molecule has 3 rings (SSSR count). The van der Waals surface area contributed by atoms with Crippen LogP contribution < -0.4 is 0 Å². The Morgan fingerprint density at radius 1 is 0.793 bits per heavy atom. The minimum absolute atomic E-state index is 0. The third kappa shape index (κ3) is 4.69. The molecular formula is C16H14CuN2O8S2. The van der Waals surface area contributed by atoms with Crippen LogP contribution in [0.25, 0.3) is 10.8 Å². The van der Waals surface area contributed by atoms with E-state index >= 15 is 0 Å². The molecule has 6 N–H and O–H groups in total. The molecule has 0 bridgehead atoms. The van der Waals surface area contributed by atoms with E-state index in [1.807, 2.05) is 0 Å². The molecule has 0 unspecified atom stereocenters. The smallest absolute Gasteiger partial charge is 0.296 e. The number of rotatable bonds is 4. The molecule has 0 aliphatic rings. The predicted octanol–water partition coefficient (Wildman–Crippen LogP) is 4.49. The van der Waals surface area contributed by atoms with Gasteiger partial charge in [-0.3, -0.25) is 4.55 Å². The normalized spacial score (nSPS) is 12.8. The van der Waals surface area contributed by atoms with Crippen LogP contribution in [-0.2, 0) is 27.2 Å². The van der Waals surface area contributed by atoms with Crippen molar-refractivity contribution in [1.82, 2.24) is 0 Å². The van der Waals surface area contributed by atoms with E-state index in [0.717, 1.165) is 12.1 Å². The fourth-order valence-corrected chi connectivity index (χ4v) is 3.95. The molecule has 0 saturated carbocycles. The number of benzene rings is 3. The molecule has 0 heterocycles. The second-order valence-electron chi connectivity index (χ2n) is 5.61. The second kappa shape index (κ2) is 8.26. The van der Waals surface area contributed by atoms with Gasteiger partial charge in [0.15, 0.2) is 5.75 Å². The van der Waals surface area contributed by atoms with Crippen LogP contribution in [0, 0.1) is 0 Å². The number of aromatic hydroxyl groups is 2. The van der Waals surface area contributed by atoms with E-state index in [9.17, 15) is 36.8 Å². The first-order valence-corrected chi connectivity index (χ1v) is 10.4. The number of nitrogens with zero attached hydrogens (tertiary/aromatic N) is 2. The van der Waals surface area contributed by atoms with E-state index in [-0.39, 0.29) is 39.3 Å². The summed E-state index contributed by atoms with van der Waals surface area (Å²) in [4.78, 5) is -1.27. The van der Waals surface area contributed by atoms with E-state index in [1.54, 1.807) is 0 Å². The van der Waals surface area contributed by atoms with Gasteiger partial charge in [-0.15, -0.1) is 10.2 Å². The van der Waals surface area contributed by atoms with Crippen molar-refractivity contribution in [2.75, 3.05) is 0 Å². The SMILES string of the molecule is O=S(=O)(O)c1cc2cccc(S(O)(O)O)c2c(O)c1N=Nc1ccccc1O.[Cu]. The maximum absolute atomic E-state index is 11.8. The number of phenolic OH excluding ortho intramolecular Hbond substituents is 2. The Hall–Kier alpha value is -2.22. The molecule has 29 heavy (non-hydrogen) atoms. The molecule has 3 aromatic carbocycles. The zero-order valence-electron chi connectivity index (χ0n) is 14.1. The van der Waals surface area contributed by atoms with Gasteiger partial charge in [0.25, 0.3) is 10.1 Å². The van der Waals surface area contributed by atoms with Crippen molar-refractivity contribution in [3.8, 4) is 11.5 Å². The van der Waals surface area contributed by atoms with Crippen LogP contribution in [0.4, 0.5) is 11.4 Å². The van der Waals surface area contributed by atoms with Crippen molar-refractivity contribution in [2.45, 2.75) is 9.79 Å². The first-order chi connectivity index (χ1) is 13.0. The zero-order valence-corrected chi connectivity index (χ0v) is 16.7. The van der Waals surface area contributed by atoms with Gasteiger partial charge >= 0.3 is 0 Å². The number of hydrogen-bond acceptors (Lipinski definition) is 9. The summed E-state index contributed by atoms with van der Waals surface area (Å²) in [5.41, 5.74) is -0.766. The first kappa shape index (κ1) is 23.1. The van der Waals surface area contributed by atoms with Crippen LogP contribution >= 0.6 is 10.9 Å². The molecule has 0 aromatic heterocycles. The van der Waals surface area contributed by atoms with E-state index in [4.69, 9.17) is 0 Å². The molecule has 0 amide bonds. The van der Waals surface area contributed by atoms with Gasteiger partial charge in [-0.25, -0.2) is 0 Å². The first-order valence-electron chi connectivity index (χ1n) is 7.47. The van der Waals surface area contributed by atoms with Gasteiger partial charge in [0.2, 0.25) is 0 Å². The third-order valence-corrected chi connectivity index (χ3v) is 5.55. The summed E-state index contributed by atoms with van der Waals surface area (Å²) in [5.74, 6) is -1.14. The Morgan fingerprint density at radius 2 is 1.45 bits per heavy atom. The topological polar surface area (TPSA) is 180 Å². The van der Waals surface area contributed by atoms with Crippen molar-refractivity contribution in [3.63, 3.8) is 0 Å². The van der Waals surface area contributed by atoms with Crippen LogP contribution in [0.3, 0.4) is 0 Å². The molecule has 0 aliphatic carbocycles. The number of phenols is 2. The van der Waals surface area contributed by atoms with Crippen molar-refractivity contribution in [3.05, 3.63) is 48.5 Å². The number of fused-ring (bicyclic) bond motifs is 1. The van der Waals surface area contributed by atoms with Gasteiger partial charge < -0.3 is 23.9 Å². The van der Waals surface area contributed by atoms with Gasteiger partial charge in [-0.1, -0.05) is 24.3 Å². The van der Waals surface area contributed by atoms with Gasteiger partial charge in [0, 0.05) is 22.5 Å². The zero-order chi connectivity index (χ0) is 20.7. The standard InChI is InChI=1S/C16H14N2O8S2.Cu/c19-11-6-2-1-5-10(11)17-18-15-13(28(24,25)26)8-9-4-3-7-12(27(21,22)23)14(9)16(15)20;/h1-8,19-23H,(H,24,25,26);. The summed E-state index contributed by atoms with van der Waals surface area (Å²) in [5, 5.41) is 27.3. The maximum Gasteiger partial charge on any atom is 0.296 e. The monoisotopic (exact) mass is 489 g/mol. The summed E-state index contributed by atoms with van der Waals surface area (Å²) in [6, 6.07) is 10.4. The number of hydrogen-bond donors (Lipinski definition) is 6. The summed E-state index contributed by atoms with van der Waals surface area (Å²) < 4.78 is 61.8. The van der Waals surface area contributed by atoms with Gasteiger partial charge in [-0.2, -0.15) is 8.42 Å². The maximum atomic E-state index is 11.8. The van der Waals surface area contributed by atoms with Crippen LogP contribution in [0.1, 0.15) is 0 Å². The third-order valence-electron chi connectivity index (χ3n) is 3.75. The summed E-state index contributed by atoms with van der Waals surface area (Å²) in [7, 11) is -9.14. The Balaban J connectivity index is 0.00000300. The minimum Gasteiger partial charge on any atom is -0.506 e. The quantitative estimate of drug-likeness (QED) is 0.176. The van der Waals surface area contributed by atoms with Gasteiger partial charge in [-0.05, 0) is 29.7 Å².